The van der Waals surface area contributed by atoms with Crippen molar-refractivity contribution in [3.05, 3.63) is 118 Å². The lowest BCUT2D eigenvalue weighted by atomic mass is 9.91. The first-order valence-corrected chi connectivity index (χ1v) is 19.1. The van der Waals surface area contributed by atoms with Crippen LogP contribution in [0.1, 0.15) is 79.1 Å². The molecule has 1 fully saturated rings. The number of ether oxygens (including phenoxy) is 4. The molecule has 0 aromatic heterocycles. The van der Waals surface area contributed by atoms with Crippen molar-refractivity contribution in [3.63, 3.8) is 0 Å². The summed E-state index contributed by atoms with van der Waals surface area (Å²) in [7, 11) is 0. The smallest absolute Gasteiger partial charge is 0.338 e. The van der Waals surface area contributed by atoms with E-state index >= 15 is 0 Å². The summed E-state index contributed by atoms with van der Waals surface area (Å²) in [5.41, 5.74) is 3.95. The molecule has 2 amide bonds. The topological polar surface area (TPSA) is 170 Å². The van der Waals surface area contributed by atoms with E-state index in [2.05, 4.69) is 10.6 Å². The molecule has 12 heteroatoms. The van der Waals surface area contributed by atoms with Gasteiger partial charge >= 0.3 is 11.9 Å². The van der Waals surface area contributed by atoms with E-state index in [1.54, 1.807) is 63.2 Å². The molecule has 296 valence electrons. The van der Waals surface area contributed by atoms with Crippen LogP contribution in [0, 0.1) is 0 Å². The highest BCUT2D eigenvalue weighted by Gasteiger charge is 2.55. The summed E-state index contributed by atoms with van der Waals surface area (Å²) in [5.74, 6) is -2.54. The van der Waals surface area contributed by atoms with Crippen LogP contribution in [-0.4, -0.2) is 82.9 Å². The van der Waals surface area contributed by atoms with Crippen molar-refractivity contribution in [2.24, 2.45) is 0 Å². The van der Waals surface area contributed by atoms with Gasteiger partial charge in [-0.3, -0.25) is 14.4 Å². The van der Waals surface area contributed by atoms with Crippen molar-refractivity contribution < 1.29 is 48.3 Å². The third-order valence-corrected chi connectivity index (χ3v) is 9.89. The number of carbonyl (C=O) groups is 4. The van der Waals surface area contributed by atoms with Gasteiger partial charge in [0.1, 0.15) is 29.7 Å². The zero-order valence-electron chi connectivity index (χ0n) is 32.0. The molecule has 0 bridgehead atoms. The van der Waals surface area contributed by atoms with E-state index in [4.69, 9.17) is 18.9 Å². The minimum Gasteiger partial charge on any atom is -0.508 e. The van der Waals surface area contributed by atoms with Gasteiger partial charge in [-0.15, -0.1) is 0 Å². The van der Waals surface area contributed by atoms with E-state index in [0.29, 0.717) is 30.4 Å². The Labute approximate surface area is 326 Å². The van der Waals surface area contributed by atoms with Gasteiger partial charge in [0.15, 0.2) is 5.79 Å². The number of aliphatic hydroxyl groups is 1. The molecule has 1 heterocycles. The van der Waals surface area contributed by atoms with Crippen molar-refractivity contribution in [2.75, 3.05) is 13.2 Å². The third kappa shape index (κ3) is 10.5. The molecule has 2 aliphatic carbocycles. The maximum atomic E-state index is 13.5. The van der Waals surface area contributed by atoms with E-state index in [1.165, 1.54) is 0 Å². The molecular weight excluding hydrogens is 716 g/mol. The summed E-state index contributed by atoms with van der Waals surface area (Å²) in [5, 5.41) is 25.3. The Morgan fingerprint density at radius 2 is 1.64 bits per heavy atom. The molecule has 0 saturated carbocycles. The van der Waals surface area contributed by atoms with Gasteiger partial charge in [0.2, 0.25) is 11.8 Å². The number of amides is 2. The molecule has 1 aliphatic heterocycles. The second kappa shape index (κ2) is 17.7. The Morgan fingerprint density at radius 3 is 2.32 bits per heavy atom. The molecule has 3 aromatic carbocycles. The fourth-order valence-electron chi connectivity index (χ4n) is 7.20. The number of esters is 2. The zero-order valence-corrected chi connectivity index (χ0v) is 32.0. The number of carbonyl (C=O) groups excluding carboxylic acids is 4. The molecule has 56 heavy (non-hydrogen) atoms. The van der Waals surface area contributed by atoms with Crippen LogP contribution in [0.5, 0.6) is 5.75 Å². The summed E-state index contributed by atoms with van der Waals surface area (Å²) in [6.45, 7) is 4.95. The maximum absolute atomic E-state index is 13.5. The molecule has 3 aliphatic rings. The van der Waals surface area contributed by atoms with Gasteiger partial charge in [0.25, 0.3) is 0 Å². The number of rotatable bonds is 14. The van der Waals surface area contributed by atoms with Gasteiger partial charge in [-0.05, 0) is 80.1 Å². The standard InChI is InChI=1S/C44H50N2O10/c1-43(2,3)55-39(50)20-19-34(27-47)46-38(49)21-22-45-41(51)33-23-36(40-37(24-33)54-44(56-40)25-31-11-4-5-12-32(31)26-44)53-42(52)30-17-15-28(16-18-30)9-8-13-29-10-6-7-14-35(29)48/h4-12,14-18,24,34,36-37,40,47-48H,13,19-23,25-27H2,1-3H3,(H,45,51)(H,46,49). The molecule has 4 unspecified atom stereocenters. The fourth-order valence-corrected chi connectivity index (χ4v) is 7.20. The highest BCUT2D eigenvalue weighted by molar-refractivity contribution is 5.94. The van der Waals surface area contributed by atoms with Gasteiger partial charge in [-0.2, -0.15) is 0 Å². The highest BCUT2D eigenvalue weighted by atomic mass is 16.8. The number of allylic oxidation sites excluding steroid dienone is 1. The van der Waals surface area contributed by atoms with Gasteiger partial charge < -0.3 is 39.8 Å². The summed E-state index contributed by atoms with van der Waals surface area (Å²) in [4.78, 5) is 51.8. The van der Waals surface area contributed by atoms with E-state index in [0.717, 1.165) is 22.3 Å². The van der Waals surface area contributed by atoms with Crippen LogP contribution >= 0.6 is 0 Å². The minimum absolute atomic E-state index is 0.00861. The maximum Gasteiger partial charge on any atom is 0.338 e. The summed E-state index contributed by atoms with van der Waals surface area (Å²) >= 11 is 0. The van der Waals surface area contributed by atoms with Crippen LogP contribution in [-0.2, 0) is 52.6 Å². The minimum atomic E-state index is -0.957. The van der Waals surface area contributed by atoms with Crippen LogP contribution < -0.4 is 10.6 Å². The van der Waals surface area contributed by atoms with Crippen molar-refractivity contribution in [3.8, 4) is 5.75 Å². The predicted octanol–water partition coefficient (Wildman–Crippen LogP) is 4.89. The van der Waals surface area contributed by atoms with Crippen LogP contribution in [0.25, 0.3) is 6.08 Å². The predicted molar refractivity (Wildman–Crippen MR) is 207 cm³/mol. The first kappa shape index (κ1) is 40.4. The monoisotopic (exact) mass is 766 g/mol. The van der Waals surface area contributed by atoms with E-state index < -0.39 is 59.5 Å². The fraction of sp³-hybridized carbons (Fsp3) is 0.409. The number of aliphatic hydroxyl groups excluding tert-OH is 1. The van der Waals surface area contributed by atoms with Crippen molar-refractivity contribution in [1.82, 2.24) is 10.6 Å². The van der Waals surface area contributed by atoms with E-state index in [1.807, 2.05) is 48.6 Å². The van der Waals surface area contributed by atoms with Crippen molar-refractivity contribution >= 4 is 29.8 Å². The van der Waals surface area contributed by atoms with E-state index in [-0.39, 0.29) is 44.6 Å². The molecule has 12 nitrogen and oxygen atoms in total. The average Bonchev–Trinajstić information content (AvgIpc) is 3.71. The second-order valence-corrected chi connectivity index (χ2v) is 15.5. The molecule has 4 N–H and O–H groups in total. The quantitative estimate of drug-likeness (QED) is 0.166. The molecule has 3 aromatic rings. The average molecular weight is 767 g/mol. The number of hydrogen-bond acceptors (Lipinski definition) is 10. The molecular formula is C44H50N2O10. The Bertz CT molecular complexity index is 1940. The Balaban J connectivity index is 1.07. The third-order valence-electron chi connectivity index (χ3n) is 9.89. The number of phenolic OH excluding ortho intramolecular Hbond substituents is 1. The highest BCUT2D eigenvalue weighted by Crippen LogP contribution is 2.45. The normalized spacial score (nSPS) is 20.1. The Kier molecular flexibility index (Phi) is 12.7. The van der Waals surface area contributed by atoms with Gasteiger partial charge in [-0.25, -0.2) is 4.79 Å². The van der Waals surface area contributed by atoms with Crippen molar-refractivity contribution in [1.29, 1.82) is 0 Å². The van der Waals surface area contributed by atoms with Crippen LogP contribution in [0.2, 0.25) is 0 Å². The van der Waals surface area contributed by atoms with Gasteiger partial charge in [0.05, 0.1) is 18.2 Å². The van der Waals surface area contributed by atoms with Crippen LogP contribution in [0.15, 0.2) is 90.5 Å². The largest absolute Gasteiger partial charge is 0.508 e. The number of hydrogen-bond donors (Lipinski definition) is 4. The molecule has 4 atom stereocenters. The zero-order chi connectivity index (χ0) is 39.9. The number of para-hydroxylation sites is 1. The SMILES string of the molecule is CC(C)(C)OC(=O)CCC(CO)NC(=O)CCNC(=O)C1=CC2OC3(Cc4ccccc4C3)OC2C(OC(=O)c2ccc(C=CCc3ccccc3O)cc2)C1. The van der Waals surface area contributed by atoms with E-state index in [9.17, 15) is 29.4 Å². The summed E-state index contributed by atoms with van der Waals surface area (Å²) in [6, 6.07) is 21.5. The first-order chi connectivity index (χ1) is 26.8. The van der Waals surface area contributed by atoms with Crippen LogP contribution in [0.3, 0.4) is 0 Å². The lowest BCUT2D eigenvalue weighted by molar-refractivity contribution is -0.172. The summed E-state index contributed by atoms with van der Waals surface area (Å²) < 4.78 is 24.5. The lowest BCUT2D eigenvalue weighted by Gasteiger charge is -2.30. The van der Waals surface area contributed by atoms with Crippen molar-refractivity contribution in [2.45, 2.75) is 101 Å². The summed E-state index contributed by atoms with van der Waals surface area (Å²) in [6.07, 6.45) is 5.26. The molecule has 1 saturated heterocycles. The number of aromatic hydroxyl groups is 1. The number of phenols is 1. The Morgan fingerprint density at radius 1 is 0.946 bits per heavy atom. The molecule has 1 spiro atoms. The lowest BCUT2D eigenvalue weighted by Crippen LogP contribution is -2.44. The van der Waals surface area contributed by atoms with Gasteiger partial charge in [0, 0.05) is 44.2 Å². The molecule has 0 radical (unpaired) electrons. The van der Waals surface area contributed by atoms with Gasteiger partial charge in [-0.1, -0.05) is 66.7 Å². The number of benzene rings is 3. The first-order valence-electron chi connectivity index (χ1n) is 19.1. The van der Waals surface area contributed by atoms with Crippen LogP contribution in [0.4, 0.5) is 0 Å². The molecule has 6 rings (SSSR count). The Hall–Kier alpha value is -5.30. The number of fused-ring (bicyclic) bond motifs is 2. The second-order valence-electron chi connectivity index (χ2n) is 15.5. The number of nitrogens with one attached hydrogen (secondary N) is 2.